The third-order valence-electron chi connectivity index (χ3n) is 4.08. The molecular weight excluding hydrogens is 242 g/mol. The molecule has 3 nitrogen and oxygen atoms in total. The van der Waals surface area contributed by atoms with E-state index in [1.54, 1.807) is 11.3 Å². The van der Waals surface area contributed by atoms with Gasteiger partial charge in [-0.05, 0) is 52.6 Å². The van der Waals surface area contributed by atoms with Crippen LogP contribution in [0.15, 0.2) is 5.38 Å². The number of likely N-dealkylation sites (tertiary alicyclic amines) is 1. The van der Waals surface area contributed by atoms with Crippen LogP contribution in [-0.4, -0.2) is 35.6 Å². The first-order valence-electron chi connectivity index (χ1n) is 6.98. The van der Waals surface area contributed by atoms with Crippen molar-refractivity contribution in [2.75, 3.05) is 19.6 Å². The van der Waals surface area contributed by atoms with Crippen molar-refractivity contribution in [3.8, 4) is 0 Å². The largest absolute Gasteiger partial charge is 0.330 e. The van der Waals surface area contributed by atoms with E-state index in [-0.39, 0.29) is 0 Å². The molecule has 2 N–H and O–H groups in total. The van der Waals surface area contributed by atoms with Gasteiger partial charge in [0.15, 0.2) is 0 Å². The smallest absolute Gasteiger partial charge is 0.0974 e. The number of rotatable bonds is 4. The van der Waals surface area contributed by atoms with Gasteiger partial charge in [-0.15, -0.1) is 11.3 Å². The molecule has 1 aliphatic heterocycles. The summed E-state index contributed by atoms with van der Waals surface area (Å²) in [5.41, 5.74) is 7.12. The minimum atomic E-state index is 0.470. The van der Waals surface area contributed by atoms with Crippen LogP contribution in [0.1, 0.15) is 43.3 Å². The van der Waals surface area contributed by atoms with E-state index in [1.165, 1.54) is 30.9 Å². The molecule has 0 aliphatic carbocycles. The maximum absolute atomic E-state index is 5.99. The normalized spacial score (nSPS) is 20.5. The van der Waals surface area contributed by atoms with Crippen LogP contribution in [0.5, 0.6) is 0 Å². The fourth-order valence-corrected chi connectivity index (χ4v) is 3.88. The first-order valence-corrected chi connectivity index (χ1v) is 7.86. The third kappa shape index (κ3) is 3.11. The van der Waals surface area contributed by atoms with Crippen LogP contribution in [-0.2, 0) is 0 Å². The lowest BCUT2D eigenvalue weighted by Gasteiger charge is -2.37. The standard InChI is InChI=1S/C14H25N3S/c1-10(2)17-6-4-12(5-7-17)13(8-15)14-16-11(3)9-18-14/h9-10,12-13H,4-8,15H2,1-3H3. The van der Waals surface area contributed by atoms with Gasteiger partial charge < -0.3 is 10.6 Å². The Hall–Kier alpha value is -0.450. The Morgan fingerprint density at radius 2 is 2.11 bits per heavy atom. The Kier molecular flexibility index (Phi) is 4.76. The number of piperidine rings is 1. The predicted molar refractivity (Wildman–Crippen MR) is 78.1 cm³/mol. The highest BCUT2D eigenvalue weighted by Crippen LogP contribution is 2.33. The minimum absolute atomic E-state index is 0.470. The minimum Gasteiger partial charge on any atom is -0.330 e. The molecule has 2 heterocycles. The van der Waals surface area contributed by atoms with E-state index < -0.39 is 0 Å². The number of aryl methyl sites for hydroxylation is 1. The summed E-state index contributed by atoms with van der Waals surface area (Å²) in [6, 6.07) is 0.671. The van der Waals surface area contributed by atoms with E-state index in [1.807, 2.05) is 0 Å². The second-order valence-corrected chi connectivity index (χ2v) is 6.53. The summed E-state index contributed by atoms with van der Waals surface area (Å²) in [4.78, 5) is 7.20. The second kappa shape index (κ2) is 6.13. The fourth-order valence-electron chi connectivity index (χ4n) is 2.88. The number of nitrogens with zero attached hydrogens (tertiary/aromatic N) is 2. The fraction of sp³-hybridized carbons (Fsp3) is 0.786. The molecule has 1 aliphatic rings. The van der Waals surface area contributed by atoms with Crippen molar-refractivity contribution in [3.63, 3.8) is 0 Å². The van der Waals surface area contributed by atoms with Gasteiger partial charge in [0, 0.05) is 29.6 Å². The average Bonchev–Trinajstić information content (AvgIpc) is 2.77. The number of nitrogens with two attached hydrogens (primary N) is 1. The average molecular weight is 267 g/mol. The van der Waals surface area contributed by atoms with E-state index in [9.17, 15) is 0 Å². The lowest BCUT2D eigenvalue weighted by molar-refractivity contribution is 0.138. The van der Waals surface area contributed by atoms with Gasteiger partial charge >= 0.3 is 0 Å². The highest BCUT2D eigenvalue weighted by Gasteiger charge is 2.29. The van der Waals surface area contributed by atoms with Gasteiger partial charge in [0.1, 0.15) is 0 Å². The van der Waals surface area contributed by atoms with Crippen LogP contribution < -0.4 is 5.73 Å². The van der Waals surface area contributed by atoms with Crippen molar-refractivity contribution < 1.29 is 0 Å². The number of aromatic nitrogens is 1. The Morgan fingerprint density at radius 3 is 2.56 bits per heavy atom. The number of hydrogen-bond donors (Lipinski definition) is 1. The molecule has 0 saturated carbocycles. The molecule has 1 aromatic rings. The van der Waals surface area contributed by atoms with Crippen LogP contribution in [0.3, 0.4) is 0 Å². The predicted octanol–water partition coefficient (Wildman–Crippen LogP) is 2.61. The molecule has 0 radical (unpaired) electrons. The lowest BCUT2D eigenvalue weighted by atomic mass is 9.84. The summed E-state index contributed by atoms with van der Waals surface area (Å²) in [6.07, 6.45) is 2.53. The molecule has 1 aromatic heterocycles. The summed E-state index contributed by atoms with van der Waals surface area (Å²) in [6.45, 7) is 9.79. The zero-order valence-electron chi connectivity index (χ0n) is 11.7. The molecule has 1 unspecified atom stereocenters. The van der Waals surface area contributed by atoms with Gasteiger partial charge in [-0.25, -0.2) is 4.98 Å². The summed E-state index contributed by atoms with van der Waals surface area (Å²) in [5.74, 6) is 1.19. The molecule has 1 fully saturated rings. The third-order valence-corrected chi connectivity index (χ3v) is 5.18. The maximum Gasteiger partial charge on any atom is 0.0974 e. The van der Waals surface area contributed by atoms with Crippen molar-refractivity contribution in [1.82, 2.24) is 9.88 Å². The van der Waals surface area contributed by atoms with E-state index >= 15 is 0 Å². The van der Waals surface area contributed by atoms with Crippen LogP contribution in [0.25, 0.3) is 0 Å². The molecule has 102 valence electrons. The summed E-state index contributed by atoms with van der Waals surface area (Å²) in [5, 5.41) is 3.39. The van der Waals surface area contributed by atoms with Crippen LogP contribution >= 0.6 is 11.3 Å². The molecule has 0 aromatic carbocycles. The molecule has 4 heteroatoms. The second-order valence-electron chi connectivity index (χ2n) is 5.64. The summed E-state index contributed by atoms with van der Waals surface area (Å²) in [7, 11) is 0. The van der Waals surface area contributed by atoms with Crippen molar-refractivity contribution in [2.24, 2.45) is 11.7 Å². The zero-order chi connectivity index (χ0) is 13.1. The quantitative estimate of drug-likeness (QED) is 0.912. The van der Waals surface area contributed by atoms with E-state index in [0.717, 1.165) is 18.2 Å². The van der Waals surface area contributed by atoms with Crippen molar-refractivity contribution >= 4 is 11.3 Å². The highest BCUT2D eigenvalue weighted by molar-refractivity contribution is 7.09. The Bertz CT molecular complexity index is 367. The Morgan fingerprint density at radius 1 is 1.44 bits per heavy atom. The van der Waals surface area contributed by atoms with Crippen LogP contribution in [0.2, 0.25) is 0 Å². The van der Waals surface area contributed by atoms with Crippen LogP contribution in [0.4, 0.5) is 0 Å². The van der Waals surface area contributed by atoms with Gasteiger partial charge in [-0.3, -0.25) is 0 Å². The SMILES string of the molecule is Cc1csc(C(CN)C2CCN(C(C)C)CC2)n1. The van der Waals surface area contributed by atoms with Gasteiger partial charge in [-0.2, -0.15) is 0 Å². The van der Waals surface area contributed by atoms with Crippen molar-refractivity contribution in [1.29, 1.82) is 0 Å². The molecule has 1 saturated heterocycles. The Balaban J connectivity index is 1.98. The molecule has 18 heavy (non-hydrogen) atoms. The maximum atomic E-state index is 5.99. The molecule has 1 atom stereocenters. The van der Waals surface area contributed by atoms with Crippen LogP contribution in [0, 0.1) is 12.8 Å². The molecule has 0 bridgehead atoms. The molecular formula is C14H25N3S. The van der Waals surface area contributed by atoms with E-state index in [2.05, 4.69) is 36.0 Å². The number of hydrogen-bond acceptors (Lipinski definition) is 4. The Labute approximate surface area is 114 Å². The van der Waals surface area contributed by atoms with Crippen molar-refractivity contribution in [3.05, 3.63) is 16.1 Å². The molecule has 2 rings (SSSR count). The first kappa shape index (κ1) is 14.0. The van der Waals surface area contributed by atoms with Gasteiger partial charge in [0.05, 0.1) is 5.01 Å². The zero-order valence-corrected chi connectivity index (χ0v) is 12.5. The summed E-state index contributed by atoms with van der Waals surface area (Å²) < 4.78 is 0. The van der Waals surface area contributed by atoms with Gasteiger partial charge in [0.25, 0.3) is 0 Å². The number of thiazole rings is 1. The lowest BCUT2D eigenvalue weighted by Crippen LogP contribution is -2.40. The molecule has 0 spiro atoms. The van der Waals surface area contributed by atoms with Gasteiger partial charge in [0.2, 0.25) is 0 Å². The molecule has 0 amide bonds. The van der Waals surface area contributed by atoms with Gasteiger partial charge in [-0.1, -0.05) is 0 Å². The van der Waals surface area contributed by atoms with E-state index in [4.69, 9.17) is 5.73 Å². The van der Waals surface area contributed by atoms with E-state index in [0.29, 0.717) is 12.0 Å². The van der Waals surface area contributed by atoms with Crippen molar-refractivity contribution in [2.45, 2.75) is 45.6 Å². The highest BCUT2D eigenvalue weighted by atomic mass is 32.1. The summed E-state index contributed by atoms with van der Waals surface area (Å²) >= 11 is 1.78. The first-order chi connectivity index (χ1) is 8.61. The topological polar surface area (TPSA) is 42.1 Å². The monoisotopic (exact) mass is 267 g/mol.